The first-order valence-electron chi connectivity index (χ1n) is 5.41. The first-order valence-corrected chi connectivity index (χ1v) is 6.17. The largest absolute Gasteiger partial charge is 0.334 e. The van der Waals surface area contributed by atoms with Crippen LogP contribution in [0.3, 0.4) is 0 Å². The van der Waals surface area contributed by atoms with E-state index in [0.717, 1.165) is 0 Å². The lowest BCUT2D eigenvalue weighted by Gasteiger charge is -2.15. The highest BCUT2D eigenvalue weighted by atomic mass is 35.5. The maximum Gasteiger partial charge on any atom is 0.255 e. The number of hydrogen-bond acceptors (Lipinski definition) is 4. The molecular formula is C11H11Cl2N5O. The average molecular weight is 300 g/mol. The van der Waals surface area contributed by atoms with E-state index in [0.29, 0.717) is 23.8 Å². The number of halogens is 2. The standard InChI is InChI=1S/C11H11Cl2N5O/c1-6-15-9(17-16-6)5-18(2)11(19)7-3-8(12)10(13)14-4-7/h3-4H,5H2,1-2H3,(H,15,16,17). The minimum absolute atomic E-state index is 0.172. The zero-order valence-electron chi connectivity index (χ0n) is 10.3. The Kier molecular flexibility index (Phi) is 4.01. The van der Waals surface area contributed by atoms with E-state index in [9.17, 15) is 4.79 Å². The summed E-state index contributed by atoms with van der Waals surface area (Å²) in [6.45, 7) is 2.09. The molecule has 0 saturated carbocycles. The van der Waals surface area contributed by atoms with Crippen molar-refractivity contribution in [3.63, 3.8) is 0 Å². The van der Waals surface area contributed by atoms with Crippen molar-refractivity contribution in [1.82, 2.24) is 25.1 Å². The molecule has 0 bridgehead atoms. The van der Waals surface area contributed by atoms with E-state index in [1.807, 2.05) is 0 Å². The highest BCUT2D eigenvalue weighted by Gasteiger charge is 2.15. The lowest BCUT2D eigenvalue weighted by Crippen LogP contribution is -2.26. The van der Waals surface area contributed by atoms with Gasteiger partial charge in [-0.3, -0.25) is 9.89 Å². The number of amides is 1. The van der Waals surface area contributed by atoms with Crippen LogP contribution in [0.15, 0.2) is 12.3 Å². The van der Waals surface area contributed by atoms with Crippen LogP contribution in [0.4, 0.5) is 0 Å². The fourth-order valence-corrected chi connectivity index (χ4v) is 1.77. The summed E-state index contributed by atoms with van der Waals surface area (Å²) in [4.78, 5) is 21.6. The number of aryl methyl sites for hydroxylation is 1. The van der Waals surface area contributed by atoms with Crippen molar-refractivity contribution in [3.05, 3.63) is 39.7 Å². The van der Waals surface area contributed by atoms with E-state index in [4.69, 9.17) is 23.2 Å². The topological polar surface area (TPSA) is 74.8 Å². The van der Waals surface area contributed by atoms with Gasteiger partial charge in [-0.15, -0.1) is 0 Å². The van der Waals surface area contributed by atoms with Gasteiger partial charge in [0.15, 0.2) is 5.82 Å². The summed E-state index contributed by atoms with van der Waals surface area (Å²) in [5.41, 5.74) is 0.365. The van der Waals surface area contributed by atoms with Crippen LogP contribution in [0.2, 0.25) is 10.2 Å². The van der Waals surface area contributed by atoms with E-state index in [1.165, 1.54) is 17.2 Å². The van der Waals surface area contributed by atoms with Crippen molar-refractivity contribution in [3.8, 4) is 0 Å². The Morgan fingerprint density at radius 3 is 2.79 bits per heavy atom. The van der Waals surface area contributed by atoms with Crippen LogP contribution in [0, 0.1) is 6.92 Å². The van der Waals surface area contributed by atoms with Gasteiger partial charge in [-0.25, -0.2) is 9.97 Å². The molecule has 0 radical (unpaired) electrons. The number of H-pyrrole nitrogens is 1. The molecule has 19 heavy (non-hydrogen) atoms. The van der Waals surface area contributed by atoms with Gasteiger partial charge < -0.3 is 4.90 Å². The van der Waals surface area contributed by atoms with Crippen molar-refractivity contribution in [1.29, 1.82) is 0 Å². The van der Waals surface area contributed by atoms with Crippen LogP contribution in [-0.2, 0) is 6.54 Å². The Morgan fingerprint density at radius 2 is 2.21 bits per heavy atom. The molecule has 1 amide bonds. The molecule has 2 aromatic heterocycles. The van der Waals surface area contributed by atoms with Crippen LogP contribution in [0.25, 0.3) is 0 Å². The van der Waals surface area contributed by atoms with E-state index < -0.39 is 0 Å². The molecule has 0 atom stereocenters. The summed E-state index contributed by atoms with van der Waals surface area (Å²) in [6, 6.07) is 1.49. The molecule has 8 heteroatoms. The van der Waals surface area contributed by atoms with Crippen molar-refractivity contribution in [2.45, 2.75) is 13.5 Å². The fourth-order valence-electron chi connectivity index (χ4n) is 1.50. The van der Waals surface area contributed by atoms with Gasteiger partial charge in [0.1, 0.15) is 11.0 Å². The zero-order chi connectivity index (χ0) is 14.0. The van der Waals surface area contributed by atoms with Crippen LogP contribution in [0.5, 0.6) is 0 Å². The molecule has 0 aliphatic rings. The molecule has 0 aliphatic heterocycles. The van der Waals surface area contributed by atoms with E-state index in [1.54, 1.807) is 14.0 Å². The molecule has 1 N–H and O–H groups in total. The lowest BCUT2D eigenvalue weighted by atomic mass is 10.2. The Bertz CT molecular complexity index is 613. The first kappa shape index (κ1) is 13.8. The van der Waals surface area contributed by atoms with Crippen LogP contribution >= 0.6 is 23.2 Å². The molecule has 0 aromatic carbocycles. The van der Waals surface area contributed by atoms with Gasteiger partial charge in [0.25, 0.3) is 5.91 Å². The third-order valence-electron chi connectivity index (χ3n) is 2.41. The minimum Gasteiger partial charge on any atom is -0.334 e. The van der Waals surface area contributed by atoms with Gasteiger partial charge in [0.05, 0.1) is 17.1 Å². The maximum absolute atomic E-state index is 12.1. The normalized spacial score (nSPS) is 10.5. The Labute approximate surface area is 119 Å². The Balaban J connectivity index is 2.12. The fraction of sp³-hybridized carbons (Fsp3) is 0.273. The van der Waals surface area contributed by atoms with Crippen molar-refractivity contribution in [2.75, 3.05) is 7.05 Å². The minimum atomic E-state index is -0.228. The second kappa shape index (κ2) is 5.54. The van der Waals surface area contributed by atoms with Crippen molar-refractivity contribution in [2.24, 2.45) is 0 Å². The summed E-state index contributed by atoms with van der Waals surface area (Å²) < 4.78 is 0. The molecule has 0 unspecified atom stereocenters. The van der Waals surface area contributed by atoms with Crippen LogP contribution < -0.4 is 0 Å². The number of rotatable bonds is 3. The van der Waals surface area contributed by atoms with E-state index in [2.05, 4.69) is 20.2 Å². The van der Waals surface area contributed by atoms with Gasteiger partial charge in [-0.1, -0.05) is 23.2 Å². The third-order valence-corrected chi connectivity index (χ3v) is 3.10. The second-order valence-electron chi connectivity index (χ2n) is 3.99. The van der Waals surface area contributed by atoms with Gasteiger partial charge in [0.2, 0.25) is 0 Å². The Morgan fingerprint density at radius 1 is 1.47 bits per heavy atom. The summed E-state index contributed by atoms with van der Waals surface area (Å²) in [7, 11) is 1.65. The van der Waals surface area contributed by atoms with Crippen LogP contribution in [0.1, 0.15) is 22.0 Å². The SMILES string of the molecule is Cc1nc(CN(C)C(=O)c2cnc(Cl)c(Cl)c2)n[nH]1. The summed E-state index contributed by atoms with van der Waals surface area (Å²) >= 11 is 11.5. The number of aromatic nitrogens is 4. The summed E-state index contributed by atoms with van der Waals surface area (Å²) in [6.07, 6.45) is 1.39. The molecule has 2 heterocycles. The molecule has 6 nitrogen and oxygen atoms in total. The monoisotopic (exact) mass is 299 g/mol. The molecule has 0 aliphatic carbocycles. The lowest BCUT2D eigenvalue weighted by molar-refractivity contribution is 0.0781. The average Bonchev–Trinajstić information content (AvgIpc) is 2.77. The number of nitrogens with zero attached hydrogens (tertiary/aromatic N) is 4. The third kappa shape index (κ3) is 3.21. The summed E-state index contributed by atoms with van der Waals surface area (Å²) in [5, 5.41) is 7.11. The number of pyridine rings is 1. The molecule has 0 fully saturated rings. The van der Waals surface area contributed by atoms with Crippen LogP contribution in [-0.4, -0.2) is 38.0 Å². The predicted octanol–water partition coefficient (Wildman–Crippen LogP) is 2.09. The molecule has 2 rings (SSSR count). The smallest absolute Gasteiger partial charge is 0.255 e. The maximum atomic E-state index is 12.1. The first-order chi connectivity index (χ1) is 8.97. The predicted molar refractivity (Wildman–Crippen MR) is 71.2 cm³/mol. The van der Waals surface area contributed by atoms with Gasteiger partial charge >= 0.3 is 0 Å². The summed E-state index contributed by atoms with van der Waals surface area (Å²) in [5.74, 6) is 1.02. The van der Waals surface area contributed by atoms with Gasteiger partial charge in [-0.05, 0) is 13.0 Å². The second-order valence-corrected chi connectivity index (χ2v) is 4.76. The highest BCUT2D eigenvalue weighted by Crippen LogP contribution is 2.20. The zero-order valence-corrected chi connectivity index (χ0v) is 11.8. The van der Waals surface area contributed by atoms with Gasteiger partial charge in [-0.2, -0.15) is 5.10 Å². The highest BCUT2D eigenvalue weighted by molar-refractivity contribution is 6.41. The van der Waals surface area contributed by atoms with E-state index >= 15 is 0 Å². The number of nitrogens with one attached hydrogen (secondary N) is 1. The molecule has 2 aromatic rings. The number of hydrogen-bond donors (Lipinski definition) is 1. The number of aromatic amines is 1. The quantitative estimate of drug-likeness (QED) is 0.881. The number of carbonyl (C=O) groups excluding carboxylic acids is 1. The molecule has 0 spiro atoms. The van der Waals surface area contributed by atoms with E-state index in [-0.39, 0.29) is 16.1 Å². The molecule has 0 saturated heterocycles. The number of carbonyl (C=O) groups is 1. The van der Waals surface area contributed by atoms with Crippen molar-refractivity contribution >= 4 is 29.1 Å². The Hall–Kier alpha value is -1.66. The van der Waals surface area contributed by atoms with Crippen molar-refractivity contribution < 1.29 is 4.79 Å². The van der Waals surface area contributed by atoms with Gasteiger partial charge in [0, 0.05) is 13.2 Å². The molecular weight excluding hydrogens is 289 g/mol. The molecule has 100 valence electrons.